The van der Waals surface area contributed by atoms with E-state index in [1.807, 2.05) is 26.0 Å². The Kier molecular flexibility index (Phi) is 8.48. The molecule has 0 bridgehead atoms. The van der Waals surface area contributed by atoms with Crippen LogP contribution in [-0.2, 0) is 17.0 Å². The summed E-state index contributed by atoms with van der Waals surface area (Å²) < 4.78 is 18.5. The van der Waals surface area contributed by atoms with Crippen LogP contribution in [-0.4, -0.2) is 24.3 Å². The minimum Gasteiger partial charge on any atom is -0.491 e. The van der Waals surface area contributed by atoms with Gasteiger partial charge in [0.25, 0.3) is 0 Å². The van der Waals surface area contributed by atoms with Gasteiger partial charge >= 0.3 is 0 Å². The van der Waals surface area contributed by atoms with Crippen molar-refractivity contribution in [2.45, 2.75) is 38.5 Å². The molecular weight excluding hydrogens is 349 g/mol. The molecule has 0 aliphatic rings. The quantitative estimate of drug-likeness (QED) is 0.617. The molecule has 3 nitrogen and oxygen atoms in total. The molecule has 2 rings (SSSR count). The van der Waals surface area contributed by atoms with Crippen LogP contribution in [0.2, 0.25) is 0 Å². The molecule has 0 unspecified atom stereocenters. The van der Waals surface area contributed by atoms with Gasteiger partial charge in [0.05, 0.1) is 11.9 Å². The zero-order valence-electron chi connectivity index (χ0n) is 15.3. The van der Waals surface area contributed by atoms with E-state index in [2.05, 4.69) is 17.4 Å². The van der Waals surface area contributed by atoms with Crippen molar-refractivity contribution < 1.29 is 13.9 Å². The first-order valence-electron chi connectivity index (χ1n) is 8.87. The molecular formula is C21H26FNO2S. The number of hydrogen-bond acceptors (Lipinski definition) is 3. The first-order valence-corrected chi connectivity index (χ1v) is 10.0. The zero-order chi connectivity index (χ0) is 18.8. The molecule has 0 atom stereocenters. The van der Waals surface area contributed by atoms with Gasteiger partial charge in [0.2, 0.25) is 5.91 Å². The number of aryl methyl sites for hydroxylation is 1. The van der Waals surface area contributed by atoms with E-state index in [4.69, 9.17) is 4.74 Å². The predicted octanol–water partition coefficient (Wildman–Crippen LogP) is 4.60. The second kappa shape index (κ2) is 10.9. The highest BCUT2D eigenvalue weighted by molar-refractivity contribution is 7.99. The van der Waals surface area contributed by atoms with Crippen LogP contribution in [0.3, 0.4) is 0 Å². The summed E-state index contributed by atoms with van der Waals surface area (Å²) in [5.41, 5.74) is 2.23. The summed E-state index contributed by atoms with van der Waals surface area (Å²) in [6, 6.07) is 14.5. The highest BCUT2D eigenvalue weighted by atomic mass is 32.2. The lowest BCUT2D eigenvalue weighted by Crippen LogP contribution is -2.26. The fraction of sp³-hybridized carbons (Fsp3) is 0.381. The van der Waals surface area contributed by atoms with E-state index in [0.717, 1.165) is 24.2 Å². The number of thioether (sulfide) groups is 1. The topological polar surface area (TPSA) is 38.3 Å². The van der Waals surface area contributed by atoms with E-state index in [-0.39, 0.29) is 17.8 Å². The SMILES string of the molecule is CC(C)Oc1cccc(CCCNC(=O)CSCc2ccc(F)cc2)c1. The number of carbonyl (C=O) groups excluding carboxylic acids is 1. The summed E-state index contributed by atoms with van der Waals surface area (Å²) in [5.74, 6) is 1.80. The Balaban J connectivity index is 1.60. The molecule has 0 radical (unpaired) electrons. The number of hydrogen-bond donors (Lipinski definition) is 1. The van der Waals surface area contributed by atoms with Crippen LogP contribution in [0.4, 0.5) is 4.39 Å². The van der Waals surface area contributed by atoms with Gasteiger partial charge in [-0.1, -0.05) is 24.3 Å². The van der Waals surface area contributed by atoms with Crippen molar-refractivity contribution in [1.29, 1.82) is 0 Å². The Labute approximate surface area is 159 Å². The van der Waals surface area contributed by atoms with Crippen molar-refractivity contribution in [2.75, 3.05) is 12.3 Å². The molecule has 0 aliphatic carbocycles. The third-order valence-corrected chi connectivity index (χ3v) is 4.65. The molecule has 1 N–H and O–H groups in total. The highest BCUT2D eigenvalue weighted by Crippen LogP contribution is 2.16. The monoisotopic (exact) mass is 375 g/mol. The second-order valence-electron chi connectivity index (χ2n) is 6.39. The molecule has 140 valence electrons. The Hall–Kier alpha value is -2.01. The molecule has 0 aromatic heterocycles. The lowest BCUT2D eigenvalue weighted by molar-refractivity contribution is -0.118. The lowest BCUT2D eigenvalue weighted by Gasteiger charge is -2.11. The number of halogens is 1. The van der Waals surface area contributed by atoms with E-state index in [9.17, 15) is 9.18 Å². The van der Waals surface area contributed by atoms with E-state index in [1.54, 1.807) is 12.1 Å². The van der Waals surface area contributed by atoms with Crippen molar-refractivity contribution in [3.05, 3.63) is 65.5 Å². The maximum absolute atomic E-state index is 12.8. The predicted molar refractivity (Wildman–Crippen MR) is 106 cm³/mol. The molecule has 5 heteroatoms. The summed E-state index contributed by atoms with van der Waals surface area (Å²) in [7, 11) is 0. The maximum atomic E-state index is 12.8. The number of carbonyl (C=O) groups is 1. The molecule has 1 amide bonds. The number of rotatable bonds is 10. The lowest BCUT2D eigenvalue weighted by atomic mass is 10.1. The van der Waals surface area contributed by atoms with E-state index in [1.165, 1.54) is 29.5 Å². The van der Waals surface area contributed by atoms with E-state index >= 15 is 0 Å². The molecule has 0 spiro atoms. The van der Waals surface area contributed by atoms with Crippen molar-refractivity contribution in [3.63, 3.8) is 0 Å². The molecule has 0 saturated heterocycles. The van der Waals surface area contributed by atoms with Crippen molar-refractivity contribution in [3.8, 4) is 5.75 Å². The van der Waals surface area contributed by atoms with Crippen LogP contribution in [0.1, 0.15) is 31.4 Å². The third-order valence-electron chi connectivity index (χ3n) is 3.65. The van der Waals surface area contributed by atoms with Crippen molar-refractivity contribution in [2.24, 2.45) is 0 Å². The van der Waals surface area contributed by atoms with Crippen LogP contribution in [0.15, 0.2) is 48.5 Å². The van der Waals surface area contributed by atoms with Gasteiger partial charge in [-0.05, 0) is 62.1 Å². The van der Waals surface area contributed by atoms with E-state index in [0.29, 0.717) is 18.1 Å². The Morgan fingerprint density at radius 2 is 1.92 bits per heavy atom. The number of amides is 1. The van der Waals surface area contributed by atoms with E-state index < -0.39 is 0 Å². The average Bonchev–Trinajstić information content (AvgIpc) is 2.60. The average molecular weight is 376 g/mol. The normalized spacial score (nSPS) is 10.8. The summed E-state index contributed by atoms with van der Waals surface area (Å²) in [6.45, 7) is 4.68. The van der Waals surface area contributed by atoms with Crippen LogP contribution in [0.25, 0.3) is 0 Å². The standard InChI is InChI=1S/C21H26FNO2S/c1-16(2)25-20-7-3-5-17(13-20)6-4-12-23-21(24)15-26-14-18-8-10-19(22)11-9-18/h3,5,7-11,13,16H,4,6,12,14-15H2,1-2H3,(H,23,24). The first kappa shape index (κ1) is 20.3. The zero-order valence-corrected chi connectivity index (χ0v) is 16.2. The summed E-state index contributed by atoms with van der Waals surface area (Å²) in [5, 5.41) is 2.94. The highest BCUT2D eigenvalue weighted by Gasteiger charge is 2.03. The smallest absolute Gasteiger partial charge is 0.230 e. The number of nitrogens with one attached hydrogen (secondary N) is 1. The van der Waals surface area contributed by atoms with Gasteiger partial charge < -0.3 is 10.1 Å². The molecule has 0 fully saturated rings. The molecule has 0 aliphatic heterocycles. The van der Waals surface area contributed by atoms with Crippen molar-refractivity contribution in [1.82, 2.24) is 5.32 Å². The Morgan fingerprint density at radius 3 is 2.65 bits per heavy atom. The minimum atomic E-state index is -0.238. The number of benzene rings is 2. The van der Waals surface area contributed by atoms with Crippen LogP contribution < -0.4 is 10.1 Å². The summed E-state index contributed by atoms with van der Waals surface area (Å²) in [6.07, 6.45) is 1.95. The Morgan fingerprint density at radius 1 is 1.15 bits per heavy atom. The van der Waals surface area contributed by atoms with Gasteiger partial charge in [-0.2, -0.15) is 0 Å². The van der Waals surface area contributed by atoms with Gasteiger partial charge in [-0.3, -0.25) is 4.79 Å². The molecule has 0 saturated carbocycles. The van der Waals surface area contributed by atoms with Crippen LogP contribution in [0, 0.1) is 5.82 Å². The molecule has 26 heavy (non-hydrogen) atoms. The summed E-state index contributed by atoms with van der Waals surface area (Å²) >= 11 is 1.53. The molecule has 2 aromatic carbocycles. The Bertz CT molecular complexity index is 689. The van der Waals surface area contributed by atoms with Gasteiger partial charge in [-0.15, -0.1) is 11.8 Å². The van der Waals surface area contributed by atoms with Crippen LogP contribution in [0.5, 0.6) is 5.75 Å². The second-order valence-corrected chi connectivity index (χ2v) is 7.37. The third kappa shape index (κ3) is 7.91. The van der Waals surface area contributed by atoms with Gasteiger partial charge in [0, 0.05) is 12.3 Å². The largest absolute Gasteiger partial charge is 0.491 e. The fourth-order valence-electron chi connectivity index (χ4n) is 2.46. The summed E-state index contributed by atoms with van der Waals surface area (Å²) in [4.78, 5) is 11.9. The molecule has 2 aromatic rings. The van der Waals surface area contributed by atoms with Gasteiger partial charge in [0.15, 0.2) is 0 Å². The number of ether oxygens (including phenoxy) is 1. The maximum Gasteiger partial charge on any atom is 0.230 e. The van der Waals surface area contributed by atoms with Gasteiger partial charge in [0.1, 0.15) is 11.6 Å². The minimum absolute atomic E-state index is 0.0361. The van der Waals surface area contributed by atoms with Gasteiger partial charge in [-0.25, -0.2) is 4.39 Å². The van der Waals surface area contributed by atoms with Crippen molar-refractivity contribution >= 4 is 17.7 Å². The fourth-order valence-corrected chi connectivity index (χ4v) is 3.28. The molecule has 0 heterocycles. The van der Waals surface area contributed by atoms with Crippen LogP contribution >= 0.6 is 11.8 Å². The first-order chi connectivity index (χ1) is 12.5.